The Kier molecular flexibility index (Phi) is 4.31. The highest BCUT2D eigenvalue weighted by Gasteiger charge is 2.51. The number of benzene rings is 1. The molecule has 0 spiro atoms. The second-order valence-corrected chi connectivity index (χ2v) is 6.72. The average Bonchev–Trinajstić information content (AvgIpc) is 3.09. The molecule has 0 bridgehead atoms. The molecule has 1 saturated heterocycles. The van der Waals surface area contributed by atoms with E-state index in [1.54, 1.807) is 26.0 Å². The number of carbonyl (C=O) groups is 3. The number of anilines is 1. The quantitative estimate of drug-likeness (QED) is 0.825. The number of furan rings is 1. The highest BCUT2D eigenvalue weighted by atomic mass is 16.3. The van der Waals surface area contributed by atoms with Crippen LogP contribution in [0.3, 0.4) is 0 Å². The summed E-state index contributed by atoms with van der Waals surface area (Å²) in [5, 5.41) is 5.37. The summed E-state index contributed by atoms with van der Waals surface area (Å²) in [6, 6.07) is 8.43. The van der Waals surface area contributed by atoms with Gasteiger partial charge in [0.2, 0.25) is 5.91 Å². The van der Waals surface area contributed by atoms with E-state index >= 15 is 0 Å². The van der Waals surface area contributed by atoms with Gasteiger partial charge in [0.1, 0.15) is 18.1 Å². The summed E-state index contributed by atoms with van der Waals surface area (Å²) in [7, 11) is 0. The van der Waals surface area contributed by atoms with Gasteiger partial charge in [-0.15, -0.1) is 0 Å². The van der Waals surface area contributed by atoms with Crippen molar-refractivity contribution in [3.63, 3.8) is 0 Å². The maximum atomic E-state index is 12.8. The lowest BCUT2D eigenvalue weighted by Crippen LogP contribution is -2.41. The minimum atomic E-state index is -1.31. The van der Waals surface area contributed by atoms with E-state index < -0.39 is 23.4 Å². The van der Waals surface area contributed by atoms with Gasteiger partial charge in [-0.05, 0) is 57.0 Å². The fraction of sp³-hybridized carbons (Fsp3) is 0.316. The number of imide groups is 1. The van der Waals surface area contributed by atoms with Crippen LogP contribution in [0.25, 0.3) is 0 Å². The van der Waals surface area contributed by atoms with Crippen molar-refractivity contribution in [1.29, 1.82) is 0 Å². The average molecular weight is 355 g/mol. The smallest absolute Gasteiger partial charge is 0.325 e. The second-order valence-electron chi connectivity index (χ2n) is 6.72. The summed E-state index contributed by atoms with van der Waals surface area (Å²) < 4.78 is 5.50. The maximum Gasteiger partial charge on any atom is 0.325 e. The number of carbonyl (C=O) groups excluding carboxylic acids is 3. The highest BCUT2D eigenvalue weighted by molar-refractivity contribution is 6.10. The number of amides is 4. The Balaban J connectivity index is 1.75. The third kappa shape index (κ3) is 3.08. The molecule has 0 radical (unpaired) electrons. The van der Waals surface area contributed by atoms with Crippen LogP contribution in [0.1, 0.15) is 29.6 Å². The SMILES string of the molecule is Cc1ccc(C)c(NC(=O)CN2C(=O)N[C@@](C)(c3ccc(C)o3)C2=O)c1. The van der Waals surface area contributed by atoms with E-state index in [2.05, 4.69) is 10.6 Å². The topological polar surface area (TPSA) is 91.7 Å². The molecule has 136 valence electrons. The van der Waals surface area contributed by atoms with Crippen LogP contribution in [0, 0.1) is 20.8 Å². The highest BCUT2D eigenvalue weighted by Crippen LogP contribution is 2.30. The zero-order valence-corrected chi connectivity index (χ0v) is 15.2. The van der Waals surface area contributed by atoms with Gasteiger partial charge in [-0.1, -0.05) is 12.1 Å². The van der Waals surface area contributed by atoms with Crippen molar-refractivity contribution in [3.8, 4) is 0 Å². The lowest BCUT2D eigenvalue weighted by atomic mass is 9.99. The van der Waals surface area contributed by atoms with Crippen LogP contribution >= 0.6 is 0 Å². The molecule has 0 saturated carbocycles. The number of rotatable bonds is 4. The Labute approximate surface area is 151 Å². The monoisotopic (exact) mass is 355 g/mol. The molecule has 1 aromatic carbocycles. The third-order valence-corrected chi connectivity index (χ3v) is 4.48. The van der Waals surface area contributed by atoms with Gasteiger partial charge in [0.05, 0.1) is 0 Å². The van der Waals surface area contributed by atoms with Gasteiger partial charge in [-0.3, -0.25) is 14.5 Å². The predicted molar refractivity (Wildman–Crippen MR) is 95.6 cm³/mol. The van der Waals surface area contributed by atoms with Crippen molar-refractivity contribution in [3.05, 3.63) is 53.0 Å². The van der Waals surface area contributed by atoms with Crippen molar-refractivity contribution in [1.82, 2.24) is 10.2 Å². The number of nitrogens with zero attached hydrogens (tertiary/aromatic N) is 1. The normalized spacial score (nSPS) is 19.6. The Morgan fingerprint density at radius 3 is 2.58 bits per heavy atom. The first-order chi connectivity index (χ1) is 12.2. The molecule has 7 heteroatoms. The van der Waals surface area contributed by atoms with Gasteiger partial charge in [0.25, 0.3) is 5.91 Å². The summed E-state index contributed by atoms with van der Waals surface area (Å²) in [5.74, 6) is 0.00946. The van der Waals surface area contributed by atoms with Crippen LogP contribution < -0.4 is 10.6 Å². The van der Waals surface area contributed by atoms with E-state index in [0.717, 1.165) is 16.0 Å². The van der Waals surface area contributed by atoms with E-state index in [9.17, 15) is 14.4 Å². The fourth-order valence-electron chi connectivity index (χ4n) is 2.91. The Hall–Kier alpha value is -3.09. The maximum absolute atomic E-state index is 12.8. The molecule has 26 heavy (non-hydrogen) atoms. The predicted octanol–water partition coefficient (Wildman–Crippen LogP) is 2.61. The molecule has 4 amide bonds. The molecule has 1 aliphatic rings. The molecular formula is C19H21N3O4. The standard InChI is InChI=1S/C19H21N3O4/c1-11-5-6-12(2)14(9-11)20-16(23)10-22-17(24)19(4,21-18(22)25)15-8-7-13(3)26-15/h5-9H,10H2,1-4H3,(H,20,23)(H,21,25)/t19-/m0/s1. The molecule has 0 aliphatic carbocycles. The van der Waals surface area contributed by atoms with Crippen LogP contribution in [0.5, 0.6) is 0 Å². The van der Waals surface area contributed by atoms with E-state index in [1.807, 2.05) is 32.0 Å². The van der Waals surface area contributed by atoms with Gasteiger partial charge < -0.3 is 15.1 Å². The molecule has 3 rings (SSSR count). The molecule has 2 N–H and O–H groups in total. The number of hydrogen-bond donors (Lipinski definition) is 2. The number of hydrogen-bond acceptors (Lipinski definition) is 4. The molecule has 2 aromatic rings. The zero-order chi connectivity index (χ0) is 19.1. The first-order valence-electron chi connectivity index (χ1n) is 8.29. The Morgan fingerprint density at radius 2 is 1.92 bits per heavy atom. The van der Waals surface area contributed by atoms with Crippen LogP contribution in [0.4, 0.5) is 10.5 Å². The molecule has 1 atom stereocenters. The van der Waals surface area contributed by atoms with E-state index in [4.69, 9.17) is 4.42 Å². The lowest BCUT2D eigenvalue weighted by Gasteiger charge is -2.19. The summed E-state index contributed by atoms with van der Waals surface area (Å²) in [4.78, 5) is 38.3. The number of nitrogens with one attached hydrogen (secondary N) is 2. The summed E-state index contributed by atoms with van der Waals surface area (Å²) >= 11 is 0. The number of urea groups is 1. The van der Waals surface area contributed by atoms with Crippen LogP contribution in [0.2, 0.25) is 0 Å². The van der Waals surface area contributed by atoms with Crippen LogP contribution in [0.15, 0.2) is 34.7 Å². The number of aryl methyl sites for hydroxylation is 3. The van der Waals surface area contributed by atoms with Gasteiger partial charge in [0.15, 0.2) is 5.54 Å². The van der Waals surface area contributed by atoms with E-state index in [-0.39, 0.29) is 6.54 Å². The van der Waals surface area contributed by atoms with Gasteiger partial charge in [-0.25, -0.2) is 4.79 Å². The molecule has 0 unspecified atom stereocenters. The van der Waals surface area contributed by atoms with Gasteiger partial charge >= 0.3 is 6.03 Å². The summed E-state index contributed by atoms with van der Waals surface area (Å²) in [6.45, 7) is 6.74. The molecule has 1 aromatic heterocycles. The minimum absolute atomic E-state index is 0.339. The minimum Gasteiger partial charge on any atom is -0.463 e. The van der Waals surface area contributed by atoms with Crippen LogP contribution in [-0.2, 0) is 15.1 Å². The van der Waals surface area contributed by atoms with E-state index in [0.29, 0.717) is 17.2 Å². The zero-order valence-electron chi connectivity index (χ0n) is 15.2. The van der Waals surface area contributed by atoms with Crippen molar-refractivity contribution in [2.45, 2.75) is 33.2 Å². The molecule has 2 heterocycles. The fourth-order valence-corrected chi connectivity index (χ4v) is 2.91. The largest absolute Gasteiger partial charge is 0.463 e. The summed E-state index contributed by atoms with van der Waals surface area (Å²) in [5.41, 5.74) is 1.25. The lowest BCUT2D eigenvalue weighted by molar-refractivity contribution is -0.134. The molecule has 1 aliphatic heterocycles. The second kappa shape index (κ2) is 6.33. The molecule has 7 nitrogen and oxygen atoms in total. The first kappa shape index (κ1) is 17.7. The van der Waals surface area contributed by atoms with Gasteiger partial charge in [-0.2, -0.15) is 0 Å². The van der Waals surface area contributed by atoms with Crippen molar-refractivity contribution in [2.75, 3.05) is 11.9 Å². The first-order valence-corrected chi connectivity index (χ1v) is 8.29. The Morgan fingerprint density at radius 1 is 1.19 bits per heavy atom. The van der Waals surface area contributed by atoms with Crippen molar-refractivity contribution in [2.24, 2.45) is 0 Å². The van der Waals surface area contributed by atoms with Crippen LogP contribution in [-0.4, -0.2) is 29.3 Å². The van der Waals surface area contributed by atoms with E-state index in [1.165, 1.54) is 0 Å². The van der Waals surface area contributed by atoms with Crippen molar-refractivity contribution >= 4 is 23.5 Å². The van der Waals surface area contributed by atoms with Crippen molar-refractivity contribution < 1.29 is 18.8 Å². The third-order valence-electron chi connectivity index (χ3n) is 4.48. The molecular weight excluding hydrogens is 334 g/mol. The molecule has 1 fully saturated rings. The summed E-state index contributed by atoms with van der Waals surface area (Å²) in [6.07, 6.45) is 0. The van der Waals surface area contributed by atoms with Gasteiger partial charge in [0, 0.05) is 5.69 Å². The Bertz CT molecular complexity index is 902.